The minimum absolute atomic E-state index is 0.199. The lowest BCUT2D eigenvalue weighted by Gasteiger charge is -2.32. The summed E-state index contributed by atoms with van der Waals surface area (Å²) in [6.07, 6.45) is 4.97. The molecule has 5 heteroatoms. The average molecular weight is 283 g/mol. The molecule has 0 atom stereocenters. The molecule has 1 saturated heterocycles. The van der Waals surface area contributed by atoms with Crippen molar-refractivity contribution in [3.8, 4) is 0 Å². The van der Waals surface area contributed by atoms with Gasteiger partial charge in [-0.15, -0.1) is 0 Å². The quantitative estimate of drug-likeness (QED) is 0.661. The summed E-state index contributed by atoms with van der Waals surface area (Å²) in [7, 11) is 3.64. The predicted molar refractivity (Wildman–Crippen MR) is 79.7 cm³/mol. The van der Waals surface area contributed by atoms with Crippen molar-refractivity contribution in [1.29, 1.82) is 0 Å². The molecule has 0 spiro atoms. The number of likely N-dealkylation sites (tertiary alicyclic amines) is 1. The fourth-order valence-electron chi connectivity index (χ4n) is 2.50. The molecule has 0 aromatic carbocycles. The van der Waals surface area contributed by atoms with Crippen molar-refractivity contribution in [3.63, 3.8) is 0 Å². The molecule has 1 N–H and O–H groups in total. The maximum Gasteiger partial charge on any atom is 0.236 e. The number of piperidine rings is 1. The van der Waals surface area contributed by atoms with Gasteiger partial charge in [0.15, 0.2) is 0 Å². The molecule has 0 aromatic rings. The summed E-state index contributed by atoms with van der Waals surface area (Å²) in [5.41, 5.74) is 0. The summed E-state index contributed by atoms with van der Waals surface area (Å²) in [5, 5.41) is 3.57. The van der Waals surface area contributed by atoms with E-state index in [1.54, 1.807) is 4.90 Å². The molecule has 0 radical (unpaired) electrons. The fourth-order valence-corrected chi connectivity index (χ4v) is 2.50. The SMILES string of the molecule is CN(C)C(=O)CN1CCC(NCCOCC2CC2)CC1. The van der Waals surface area contributed by atoms with E-state index in [1.807, 2.05) is 14.1 Å². The Morgan fingerprint density at radius 1 is 1.25 bits per heavy atom. The first-order valence-electron chi connectivity index (χ1n) is 7.89. The number of ether oxygens (including phenoxy) is 1. The van der Waals surface area contributed by atoms with Crippen LogP contribution >= 0.6 is 0 Å². The number of likely N-dealkylation sites (N-methyl/N-ethyl adjacent to an activating group) is 1. The molecule has 2 rings (SSSR count). The van der Waals surface area contributed by atoms with Gasteiger partial charge < -0.3 is 15.0 Å². The number of nitrogens with zero attached hydrogens (tertiary/aromatic N) is 2. The molecule has 5 nitrogen and oxygen atoms in total. The second kappa shape index (κ2) is 7.96. The number of nitrogens with one attached hydrogen (secondary N) is 1. The van der Waals surface area contributed by atoms with Crippen LogP contribution in [0.15, 0.2) is 0 Å². The van der Waals surface area contributed by atoms with E-state index in [2.05, 4.69) is 10.2 Å². The highest BCUT2D eigenvalue weighted by atomic mass is 16.5. The van der Waals surface area contributed by atoms with Gasteiger partial charge >= 0.3 is 0 Å². The Kier molecular flexibility index (Phi) is 6.26. The van der Waals surface area contributed by atoms with Crippen molar-refractivity contribution in [2.45, 2.75) is 31.7 Å². The van der Waals surface area contributed by atoms with Crippen LogP contribution in [0.25, 0.3) is 0 Å². The van der Waals surface area contributed by atoms with Crippen LogP contribution in [0.3, 0.4) is 0 Å². The normalized spacial score (nSPS) is 21.1. The van der Waals surface area contributed by atoms with Gasteiger partial charge in [-0.2, -0.15) is 0 Å². The maximum absolute atomic E-state index is 11.6. The van der Waals surface area contributed by atoms with Crippen molar-refractivity contribution >= 4 is 5.91 Å². The third-order valence-corrected chi connectivity index (χ3v) is 4.18. The largest absolute Gasteiger partial charge is 0.380 e. The van der Waals surface area contributed by atoms with E-state index in [4.69, 9.17) is 4.74 Å². The fraction of sp³-hybridized carbons (Fsp3) is 0.933. The summed E-state index contributed by atoms with van der Waals surface area (Å²) in [5.74, 6) is 1.05. The van der Waals surface area contributed by atoms with Crippen LogP contribution < -0.4 is 5.32 Å². The second-order valence-corrected chi connectivity index (χ2v) is 6.31. The molecule has 116 valence electrons. The molecule has 1 aliphatic heterocycles. The number of carbonyl (C=O) groups is 1. The van der Waals surface area contributed by atoms with E-state index in [0.717, 1.165) is 51.6 Å². The highest BCUT2D eigenvalue weighted by Gasteiger charge is 2.22. The predicted octanol–water partition coefficient (Wildman–Crippen LogP) is 0.555. The van der Waals surface area contributed by atoms with E-state index in [9.17, 15) is 4.79 Å². The van der Waals surface area contributed by atoms with Crippen molar-refractivity contribution < 1.29 is 9.53 Å². The zero-order valence-corrected chi connectivity index (χ0v) is 12.9. The Bertz CT molecular complexity index is 297. The van der Waals surface area contributed by atoms with Gasteiger partial charge in [-0.1, -0.05) is 0 Å². The lowest BCUT2D eigenvalue weighted by atomic mass is 10.1. The van der Waals surface area contributed by atoms with Gasteiger partial charge in [0.1, 0.15) is 0 Å². The standard InChI is InChI=1S/C15H29N3O2/c1-17(2)15(19)11-18-8-5-14(6-9-18)16-7-10-20-12-13-3-4-13/h13-14,16H,3-12H2,1-2H3. The summed E-state index contributed by atoms with van der Waals surface area (Å²) in [6.45, 7) is 5.32. The molecule has 0 bridgehead atoms. The Morgan fingerprint density at radius 3 is 2.55 bits per heavy atom. The monoisotopic (exact) mass is 283 g/mol. The van der Waals surface area contributed by atoms with Gasteiger partial charge in [0, 0.05) is 46.4 Å². The molecule has 1 amide bonds. The maximum atomic E-state index is 11.6. The van der Waals surface area contributed by atoms with Crippen molar-refractivity contribution in [3.05, 3.63) is 0 Å². The number of rotatable bonds is 8. The molecule has 1 aliphatic carbocycles. The Balaban J connectivity index is 1.49. The molecular weight excluding hydrogens is 254 g/mol. The van der Waals surface area contributed by atoms with Crippen LogP contribution in [0.4, 0.5) is 0 Å². The van der Waals surface area contributed by atoms with Gasteiger partial charge in [0.05, 0.1) is 13.2 Å². The van der Waals surface area contributed by atoms with Crippen LogP contribution in [-0.2, 0) is 9.53 Å². The third-order valence-electron chi connectivity index (χ3n) is 4.18. The van der Waals surface area contributed by atoms with Gasteiger partial charge in [0.2, 0.25) is 5.91 Å². The van der Waals surface area contributed by atoms with Crippen LogP contribution in [0, 0.1) is 5.92 Å². The zero-order valence-electron chi connectivity index (χ0n) is 12.9. The van der Waals surface area contributed by atoms with E-state index in [-0.39, 0.29) is 5.91 Å². The first-order chi connectivity index (χ1) is 9.65. The highest BCUT2D eigenvalue weighted by Crippen LogP contribution is 2.28. The van der Waals surface area contributed by atoms with Gasteiger partial charge in [-0.3, -0.25) is 9.69 Å². The molecule has 1 saturated carbocycles. The summed E-state index contributed by atoms with van der Waals surface area (Å²) < 4.78 is 5.63. The van der Waals surface area contributed by atoms with Crippen molar-refractivity contribution in [1.82, 2.24) is 15.1 Å². The number of hydrogen-bond acceptors (Lipinski definition) is 4. The second-order valence-electron chi connectivity index (χ2n) is 6.31. The highest BCUT2D eigenvalue weighted by molar-refractivity contribution is 5.77. The first kappa shape index (κ1) is 15.7. The molecule has 2 aliphatic rings. The smallest absolute Gasteiger partial charge is 0.236 e. The molecule has 0 aromatic heterocycles. The van der Waals surface area contributed by atoms with Crippen LogP contribution in [0.2, 0.25) is 0 Å². The third kappa shape index (κ3) is 5.77. The van der Waals surface area contributed by atoms with E-state index in [0.29, 0.717) is 12.6 Å². The van der Waals surface area contributed by atoms with Crippen LogP contribution in [-0.4, -0.2) is 75.2 Å². The average Bonchev–Trinajstić information content (AvgIpc) is 3.24. The van der Waals surface area contributed by atoms with Gasteiger partial charge in [-0.25, -0.2) is 0 Å². The summed E-state index contributed by atoms with van der Waals surface area (Å²) in [4.78, 5) is 15.6. The van der Waals surface area contributed by atoms with Crippen LogP contribution in [0.1, 0.15) is 25.7 Å². The minimum Gasteiger partial charge on any atom is -0.380 e. The minimum atomic E-state index is 0.199. The van der Waals surface area contributed by atoms with E-state index >= 15 is 0 Å². The lowest BCUT2D eigenvalue weighted by molar-refractivity contribution is -0.130. The number of carbonyl (C=O) groups excluding carboxylic acids is 1. The van der Waals surface area contributed by atoms with Gasteiger partial charge in [0.25, 0.3) is 0 Å². The zero-order chi connectivity index (χ0) is 14.4. The molecular formula is C15H29N3O2. The molecule has 20 heavy (non-hydrogen) atoms. The summed E-state index contributed by atoms with van der Waals surface area (Å²) >= 11 is 0. The molecule has 0 unspecified atom stereocenters. The van der Waals surface area contributed by atoms with E-state index in [1.165, 1.54) is 12.8 Å². The molecule has 1 heterocycles. The number of hydrogen-bond donors (Lipinski definition) is 1. The van der Waals surface area contributed by atoms with Crippen molar-refractivity contribution in [2.75, 3.05) is 53.5 Å². The van der Waals surface area contributed by atoms with Crippen LogP contribution in [0.5, 0.6) is 0 Å². The van der Waals surface area contributed by atoms with Crippen molar-refractivity contribution in [2.24, 2.45) is 5.92 Å². The lowest BCUT2D eigenvalue weighted by Crippen LogP contribution is -2.46. The Labute approximate surface area is 122 Å². The number of amides is 1. The Hall–Kier alpha value is -0.650. The Morgan fingerprint density at radius 2 is 1.95 bits per heavy atom. The van der Waals surface area contributed by atoms with E-state index < -0.39 is 0 Å². The first-order valence-corrected chi connectivity index (χ1v) is 7.89. The summed E-state index contributed by atoms with van der Waals surface area (Å²) in [6, 6.07) is 0.588. The molecule has 2 fully saturated rings. The van der Waals surface area contributed by atoms with Gasteiger partial charge in [-0.05, 0) is 31.6 Å². The topological polar surface area (TPSA) is 44.8 Å².